The highest BCUT2D eigenvalue weighted by molar-refractivity contribution is 8.01. The van der Waals surface area contributed by atoms with Crippen LogP contribution in [0.5, 0.6) is 0 Å². The molecule has 134 valence electrons. The molecule has 0 unspecified atom stereocenters. The molecule has 7 nitrogen and oxygen atoms in total. The van der Waals surface area contributed by atoms with Gasteiger partial charge in [0.1, 0.15) is 0 Å². The van der Waals surface area contributed by atoms with Crippen LogP contribution in [-0.4, -0.2) is 34.6 Å². The number of rotatable bonds is 7. The molecule has 0 radical (unpaired) electrons. The van der Waals surface area contributed by atoms with Crippen LogP contribution in [0.4, 0.5) is 15.6 Å². The predicted molar refractivity (Wildman–Crippen MR) is 100 cm³/mol. The third kappa shape index (κ3) is 6.02. The molecule has 2 amide bonds. The molecule has 0 aliphatic carbocycles. The lowest BCUT2D eigenvalue weighted by Gasteiger charge is -2.13. The van der Waals surface area contributed by atoms with Crippen molar-refractivity contribution < 1.29 is 14.3 Å². The minimum Gasteiger partial charge on any atom is -0.450 e. The number of hydrogen-bond acceptors (Lipinski definition) is 7. The molecule has 1 aromatic heterocycles. The second kappa shape index (κ2) is 9.38. The minimum absolute atomic E-state index is 0.117. The Morgan fingerprint density at radius 2 is 2.00 bits per heavy atom. The molecule has 25 heavy (non-hydrogen) atoms. The number of thioether (sulfide) groups is 1. The number of carbonyl (C=O) groups excluding carboxylic acids is 2. The summed E-state index contributed by atoms with van der Waals surface area (Å²) in [6.07, 6.45) is -0.571. The fraction of sp³-hybridized carbons (Fsp3) is 0.375. The van der Waals surface area contributed by atoms with Crippen LogP contribution in [0.3, 0.4) is 0 Å². The zero-order valence-electron chi connectivity index (χ0n) is 14.2. The first kappa shape index (κ1) is 19.2. The SMILES string of the molecule is CCOC(=O)Nc1nnc(SCC(=O)Nc2ccccc2C(C)C)s1. The maximum Gasteiger partial charge on any atom is 0.413 e. The number of carbonyl (C=O) groups is 2. The number of benzene rings is 1. The number of nitrogens with one attached hydrogen (secondary N) is 2. The number of amides is 2. The molecule has 9 heteroatoms. The largest absolute Gasteiger partial charge is 0.450 e. The first-order chi connectivity index (χ1) is 12.0. The van der Waals surface area contributed by atoms with Gasteiger partial charge in [0, 0.05) is 5.69 Å². The lowest BCUT2D eigenvalue weighted by atomic mass is 10.0. The number of hydrogen-bond donors (Lipinski definition) is 2. The van der Waals surface area contributed by atoms with Crippen LogP contribution in [0, 0.1) is 0 Å². The summed E-state index contributed by atoms with van der Waals surface area (Å²) in [6.45, 7) is 6.17. The number of aromatic nitrogens is 2. The van der Waals surface area contributed by atoms with E-state index in [1.807, 2.05) is 24.3 Å². The molecule has 0 saturated carbocycles. The van der Waals surface area contributed by atoms with Gasteiger partial charge >= 0.3 is 6.09 Å². The van der Waals surface area contributed by atoms with E-state index in [2.05, 4.69) is 34.7 Å². The zero-order chi connectivity index (χ0) is 18.2. The summed E-state index contributed by atoms with van der Waals surface area (Å²) in [5.74, 6) is 0.414. The van der Waals surface area contributed by atoms with E-state index in [0.717, 1.165) is 11.3 Å². The van der Waals surface area contributed by atoms with Crippen molar-refractivity contribution in [1.29, 1.82) is 0 Å². The number of anilines is 2. The molecular formula is C16H20N4O3S2. The van der Waals surface area contributed by atoms with Gasteiger partial charge < -0.3 is 10.1 Å². The van der Waals surface area contributed by atoms with Crippen molar-refractivity contribution in [2.45, 2.75) is 31.0 Å². The van der Waals surface area contributed by atoms with Crippen LogP contribution >= 0.6 is 23.1 Å². The quantitative estimate of drug-likeness (QED) is 0.558. The average molecular weight is 380 g/mol. The van der Waals surface area contributed by atoms with Crippen LogP contribution < -0.4 is 10.6 Å². The van der Waals surface area contributed by atoms with Gasteiger partial charge in [0.25, 0.3) is 0 Å². The first-order valence-electron chi connectivity index (χ1n) is 7.78. The highest BCUT2D eigenvalue weighted by Gasteiger charge is 2.12. The van der Waals surface area contributed by atoms with Crippen molar-refractivity contribution >= 4 is 45.9 Å². The van der Waals surface area contributed by atoms with Crippen molar-refractivity contribution in [2.75, 3.05) is 23.0 Å². The van der Waals surface area contributed by atoms with Crippen LogP contribution in [0.15, 0.2) is 28.6 Å². The topological polar surface area (TPSA) is 93.2 Å². The van der Waals surface area contributed by atoms with E-state index >= 15 is 0 Å². The Balaban J connectivity index is 1.86. The Hall–Kier alpha value is -2.13. The Labute approximate surface area is 154 Å². The van der Waals surface area contributed by atoms with Crippen LogP contribution in [-0.2, 0) is 9.53 Å². The Bertz CT molecular complexity index is 734. The third-order valence-electron chi connectivity index (χ3n) is 3.07. The summed E-state index contributed by atoms with van der Waals surface area (Å²) in [7, 11) is 0. The summed E-state index contributed by atoms with van der Waals surface area (Å²) >= 11 is 2.46. The molecule has 0 saturated heterocycles. The molecule has 0 spiro atoms. The maximum absolute atomic E-state index is 12.2. The van der Waals surface area contributed by atoms with E-state index in [1.165, 1.54) is 23.1 Å². The summed E-state index contributed by atoms with van der Waals surface area (Å²) in [6, 6.07) is 7.75. The Kier molecular flexibility index (Phi) is 7.20. The summed E-state index contributed by atoms with van der Waals surface area (Å²) in [5.41, 5.74) is 1.92. The summed E-state index contributed by atoms with van der Waals surface area (Å²) in [5, 5.41) is 13.5. The molecule has 2 rings (SSSR count). The van der Waals surface area contributed by atoms with E-state index in [9.17, 15) is 9.59 Å². The maximum atomic E-state index is 12.2. The number of para-hydroxylation sites is 1. The molecule has 0 atom stereocenters. The molecule has 2 N–H and O–H groups in total. The minimum atomic E-state index is -0.571. The number of ether oxygens (including phenoxy) is 1. The normalized spacial score (nSPS) is 10.6. The van der Waals surface area contributed by atoms with Gasteiger partial charge in [-0.25, -0.2) is 4.79 Å². The van der Waals surface area contributed by atoms with Crippen LogP contribution in [0.25, 0.3) is 0 Å². The third-order valence-corrected chi connectivity index (χ3v) is 5.05. The van der Waals surface area contributed by atoms with Gasteiger partial charge in [-0.15, -0.1) is 10.2 Å². The second-order valence-corrected chi connectivity index (χ2v) is 7.50. The van der Waals surface area contributed by atoms with Gasteiger partial charge in [-0.05, 0) is 24.5 Å². The Morgan fingerprint density at radius 1 is 1.24 bits per heavy atom. The van der Waals surface area contributed by atoms with Gasteiger partial charge in [0.2, 0.25) is 11.0 Å². The molecule has 0 aliphatic rings. The summed E-state index contributed by atoms with van der Waals surface area (Å²) < 4.78 is 5.36. The van der Waals surface area contributed by atoms with E-state index in [0.29, 0.717) is 15.4 Å². The van der Waals surface area contributed by atoms with Crippen LogP contribution in [0.2, 0.25) is 0 Å². The monoisotopic (exact) mass is 380 g/mol. The predicted octanol–water partition coefficient (Wildman–Crippen LogP) is 3.96. The van der Waals surface area contributed by atoms with E-state index < -0.39 is 6.09 Å². The average Bonchev–Trinajstić information content (AvgIpc) is 3.01. The lowest BCUT2D eigenvalue weighted by Crippen LogP contribution is -2.15. The molecule has 2 aromatic rings. The first-order valence-corrected chi connectivity index (χ1v) is 9.58. The van der Waals surface area contributed by atoms with Crippen LogP contribution in [0.1, 0.15) is 32.3 Å². The molecule has 0 aliphatic heterocycles. The van der Waals surface area contributed by atoms with Crippen molar-refractivity contribution in [3.05, 3.63) is 29.8 Å². The van der Waals surface area contributed by atoms with Gasteiger partial charge in [-0.2, -0.15) is 0 Å². The van der Waals surface area contributed by atoms with Crippen molar-refractivity contribution in [1.82, 2.24) is 10.2 Å². The molecule has 0 bridgehead atoms. The lowest BCUT2D eigenvalue weighted by molar-refractivity contribution is -0.113. The van der Waals surface area contributed by atoms with Gasteiger partial charge in [-0.1, -0.05) is 55.1 Å². The molecule has 1 heterocycles. The zero-order valence-corrected chi connectivity index (χ0v) is 15.9. The fourth-order valence-electron chi connectivity index (χ4n) is 2.00. The van der Waals surface area contributed by atoms with Crippen molar-refractivity contribution in [3.63, 3.8) is 0 Å². The van der Waals surface area contributed by atoms with Gasteiger partial charge in [0.05, 0.1) is 12.4 Å². The standard InChI is InChI=1S/C16H20N4O3S2/c1-4-23-15(22)18-14-19-20-16(25-14)24-9-13(21)17-12-8-6-5-7-11(12)10(2)3/h5-8,10H,4,9H2,1-3H3,(H,17,21)(H,18,19,22). The molecule has 0 fully saturated rings. The number of nitrogens with zero attached hydrogens (tertiary/aromatic N) is 2. The highest BCUT2D eigenvalue weighted by atomic mass is 32.2. The van der Waals surface area contributed by atoms with Crippen molar-refractivity contribution in [3.8, 4) is 0 Å². The Morgan fingerprint density at radius 3 is 2.72 bits per heavy atom. The smallest absolute Gasteiger partial charge is 0.413 e. The second-order valence-electron chi connectivity index (χ2n) is 5.30. The summed E-state index contributed by atoms with van der Waals surface area (Å²) in [4.78, 5) is 23.5. The van der Waals surface area contributed by atoms with Gasteiger partial charge in [0.15, 0.2) is 4.34 Å². The van der Waals surface area contributed by atoms with Crippen molar-refractivity contribution in [2.24, 2.45) is 0 Å². The van der Waals surface area contributed by atoms with E-state index in [-0.39, 0.29) is 18.3 Å². The molecule has 1 aromatic carbocycles. The highest BCUT2D eigenvalue weighted by Crippen LogP contribution is 2.27. The molecular weight excluding hydrogens is 360 g/mol. The van der Waals surface area contributed by atoms with Gasteiger partial charge in [-0.3, -0.25) is 10.1 Å². The van der Waals surface area contributed by atoms with E-state index in [1.54, 1.807) is 6.92 Å². The fourth-order valence-corrected chi connectivity index (χ4v) is 3.54. The van der Waals surface area contributed by atoms with E-state index in [4.69, 9.17) is 4.74 Å².